The first-order valence-corrected chi connectivity index (χ1v) is 6.54. The molecule has 106 valence electrons. The summed E-state index contributed by atoms with van der Waals surface area (Å²) < 4.78 is 1.51. The number of hydrogen-bond donors (Lipinski definition) is 2. The van der Waals surface area contributed by atoms with Crippen LogP contribution in [0.25, 0.3) is 5.82 Å². The zero-order valence-electron chi connectivity index (χ0n) is 11.4. The monoisotopic (exact) mass is 274 g/mol. The lowest BCUT2D eigenvalue weighted by atomic mass is 10.0. The molecule has 1 atom stereocenters. The van der Waals surface area contributed by atoms with Gasteiger partial charge in [-0.1, -0.05) is 13.3 Å². The molecule has 0 bridgehead atoms. The number of rotatable bonds is 6. The van der Waals surface area contributed by atoms with Crippen LogP contribution in [0.1, 0.15) is 19.8 Å². The molecule has 7 nitrogen and oxygen atoms in total. The van der Waals surface area contributed by atoms with Crippen LogP contribution in [0, 0.1) is 5.92 Å². The third-order valence-corrected chi connectivity index (χ3v) is 3.08. The summed E-state index contributed by atoms with van der Waals surface area (Å²) in [6.45, 7) is 2.53. The molecule has 2 aromatic rings. The second-order valence-corrected chi connectivity index (χ2v) is 4.48. The number of nitrogens with zero attached hydrogens (tertiary/aromatic N) is 4. The van der Waals surface area contributed by atoms with Gasteiger partial charge in [-0.25, -0.2) is 14.6 Å². The fourth-order valence-electron chi connectivity index (χ4n) is 1.85. The highest BCUT2D eigenvalue weighted by Crippen LogP contribution is 2.17. The van der Waals surface area contributed by atoms with Crippen LogP contribution < -0.4 is 11.1 Å². The van der Waals surface area contributed by atoms with E-state index in [2.05, 4.69) is 20.4 Å². The highest BCUT2D eigenvalue weighted by Gasteiger charge is 2.13. The Morgan fingerprint density at radius 3 is 3.05 bits per heavy atom. The topological polar surface area (TPSA) is 98.7 Å². The average molecular weight is 274 g/mol. The Morgan fingerprint density at radius 2 is 2.40 bits per heavy atom. The SMILES string of the molecule is CCC(CN)CC(=O)Nc1cccnc1-n1cncn1. The summed E-state index contributed by atoms with van der Waals surface area (Å²) in [4.78, 5) is 20.1. The van der Waals surface area contributed by atoms with Gasteiger partial charge in [0, 0.05) is 12.6 Å². The maximum Gasteiger partial charge on any atom is 0.224 e. The van der Waals surface area contributed by atoms with E-state index in [0.717, 1.165) is 6.42 Å². The number of nitrogens with one attached hydrogen (secondary N) is 1. The van der Waals surface area contributed by atoms with Crippen molar-refractivity contribution < 1.29 is 4.79 Å². The van der Waals surface area contributed by atoms with Crippen LogP contribution in [0.15, 0.2) is 31.0 Å². The van der Waals surface area contributed by atoms with Gasteiger partial charge in [-0.15, -0.1) is 0 Å². The Morgan fingerprint density at radius 1 is 1.55 bits per heavy atom. The molecule has 0 aromatic carbocycles. The molecule has 2 heterocycles. The molecular weight excluding hydrogens is 256 g/mol. The van der Waals surface area contributed by atoms with Crippen molar-refractivity contribution in [3.05, 3.63) is 31.0 Å². The Kier molecular flexibility index (Phi) is 4.78. The molecule has 0 saturated carbocycles. The molecule has 7 heteroatoms. The molecule has 20 heavy (non-hydrogen) atoms. The predicted octanol–water partition coefficient (Wildman–Crippen LogP) is 0.976. The summed E-state index contributed by atoms with van der Waals surface area (Å²) >= 11 is 0. The van der Waals surface area contributed by atoms with Gasteiger partial charge >= 0.3 is 0 Å². The van der Waals surface area contributed by atoms with Crippen molar-refractivity contribution in [1.29, 1.82) is 0 Å². The van der Waals surface area contributed by atoms with E-state index in [1.54, 1.807) is 18.3 Å². The van der Waals surface area contributed by atoms with Crippen LogP contribution in [-0.2, 0) is 4.79 Å². The number of aromatic nitrogens is 4. The Labute approximate surface area is 117 Å². The summed E-state index contributed by atoms with van der Waals surface area (Å²) in [5.41, 5.74) is 6.22. The van der Waals surface area contributed by atoms with E-state index in [1.165, 1.54) is 17.3 Å². The van der Waals surface area contributed by atoms with Gasteiger partial charge in [-0.05, 0) is 24.6 Å². The van der Waals surface area contributed by atoms with Gasteiger partial charge < -0.3 is 11.1 Å². The summed E-state index contributed by atoms with van der Waals surface area (Å²) in [7, 11) is 0. The van der Waals surface area contributed by atoms with Gasteiger partial charge in [0.25, 0.3) is 0 Å². The van der Waals surface area contributed by atoms with Crippen molar-refractivity contribution in [3.8, 4) is 5.82 Å². The predicted molar refractivity (Wildman–Crippen MR) is 75.2 cm³/mol. The molecule has 0 spiro atoms. The molecule has 0 saturated heterocycles. The minimum absolute atomic E-state index is 0.0725. The van der Waals surface area contributed by atoms with E-state index in [0.29, 0.717) is 24.5 Å². The minimum Gasteiger partial charge on any atom is -0.330 e. The Hall–Kier alpha value is -2.28. The summed E-state index contributed by atoms with van der Waals surface area (Å²) in [6, 6.07) is 3.54. The van der Waals surface area contributed by atoms with Crippen molar-refractivity contribution in [2.24, 2.45) is 11.7 Å². The first kappa shape index (κ1) is 14.1. The molecular formula is C13H18N6O. The molecule has 0 radical (unpaired) electrons. The summed E-state index contributed by atoms with van der Waals surface area (Å²) in [5, 5.41) is 6.87. The van der Waals surface area contributed by atoms with Gasteiger partial charge in [-0.2, -0.15) is 5.10 Å². The second-order valence-electron chi connectivity index (χ2n) is 4.48. The van der Waals surface area contributed by atoms with Gasteiger partial charge in [0.05, 0.1) is 5.69 Å². The zero-order chi connectivity index (χ0) is 14.4. The van der Waals surface area contributed by atoms with Crippen molar-refractivity contribution >= 4 is 11.6 Å². The van der Waals surface area contributed by atoms with E-state index < -0.39 is 0 Å². The molecule has 0 fully saturated rings. The van der Waals surface area contributed by atoms with Crippen LogP contribution in [0.5, 0.6) is 0 Å². The van der Waals surface area contributed by atoms with Gasteiger partial charge in [0.15, 0.2) is 5.82 Å². The Balaban J connectivity index is 2.12. The first-order chi connectivity index (χ1) is 9.74. The van der Waals surface area contributed by atoms with Gasteiger partial charge in [0.1, 0.15) is 12.7 Å². The number of pyridine rings is 1. The van der Waals surface area contributed by atoms with Crippen molar-refractivity contribution in [2.45, 2.75) is 19.8 Å². The third kappa shape index (κ3) is 3.39. The van der Waals surface area contributed by atoms with Crippen LogP contribution in [0.2, 0.25) is 0 Å². The average Bonchev–Trinajstić information content (AvgIpc) is 2.99. The van der Waals surface area contributed by atoms with Gasteiger partial charge in [0.2, 0.25) is 5.91 Å². The van der Waals surface area contributed by atoms with Crippen LogP contribution in [-0.4, -0.2) is 32.2 Å². The van der Waals surface area contributed by atoms with E-state index in [1.807, 2.05) is 6.92 Å². The van der Waals surface area contributed by atoms with Gasteiger partial charge in [-0.3, -0.25) is 4.79 Å². The number of carbonyl (C=O) groups is 1. The molecule has 1 amide bonds. The largest absolute Gasteiger partial charge is 0.330 e. The van der Waals surface area contributed by atoms with Crippen molar-refractivity contribution in [3.63, 3.8) is 0 Å². The standard InChI is InChI=1S/C13H18N6O/c1-2-10(7-14)6-12(20)18-11-4-3-5-16-13(11)19-9-15-8-17-19/h3-5,8-10H,2,6-7,14H2,1H3,(H,18,20). The lowest BCUT2D eigenvalue weighted by molar-refractivity contribution is -0.117. The maximum absolute atomic E-state index is 12.0. The fourth-order valence-corrected chi connectivity index (χ4v) is 1.85. The quantitative estimate of drug-likeness (QED) is 0.818. The minimum atomic E-state index is -0.0725. The zero-order valence-corrected chi connectivity index (χ0v) is 11.4. The normalized spacial score (nSPS) is 12.1. The lowest BCUT2D eigenvalue weighted by Crippen LogP contribution is -2.22. The number of carbonyl (C=O) groups excluding carboxylic acids is 1. The van der Waals surface area contributed by atoms with E-state index in [4.69, 9.17) is 5.73 Å². The Bertz CT molecular complexity index is 550. The molecule has 0 aliphatic rings. The highest BCUT2D eigenvalue weighted by atomic mass is 16.1. The highest BCUT2D eigenvalue weighted by molar-refractivity contribution is 5.92. The number of hydrogen-bond acceptors (Lipinski definition) is 5. The molecule has 0 aliphatic heterocycles. The molecule has 3 N–H and O–H groups in total. The van der Waals surface area contributed by atoms with Crippen LogP contribution in [0.3, 0.4) is 0 Å². The number of nitrogens with two attached hydrogens (primary N) is 1. The molecule has 2 rings (SSSR count). The van der Waals surface area contributed by atoms with E-state index in [-0.39, 0.29) is 11.8 Å². The van der Waals surface area contributed by atoms with Crippen LogP contribution >= 0.6 is 0 Å². The van der Waals surface area contributed by atoms with E-state index in [9.17, 15) is 4.79 Å². The molecule has 1 unspecified atom stereocenters. The third-order valence-electron chi connectivity index (χ3n) is 3.08. The summed E-state index contributed by atoms with van der Waals surface area (Å²) in [6.07, 6.45) is 5.88. The fraction of sp³-hybridized carbons (Fsp3) is 0.385. The smallest absolute Gasteiger partial charge is 0.224 e. The second kappa shape index (κ2) is 6.76. The first-order valence-electron chi connectivity index (χ1n) is 6.54. The van der Waals surface area contributed by atoms with E-state index >= 15 is 0 Å². The van der Waals surface area contributed by atoms with Crippen LogP contribution in [0.4, 0.5) is 5.69 Å². The number of anilines is 1. The maximum atomic E-state index is 12.0. The number of amides is 1. The van der Waals surface area contributed by atoms with Crippen molar-refractivity contribution in [2.75, 3.05) is 11.9 Å². The molecule has 0 aliphatic carbocycles. The van der Waals surface area contributed by atoms with Crippen molar-refractivity contribution in [1.82, 2.24) is 19.7 Å². The summed E-state index contributed by atoms with van der Waals surface area (Å²) in [5.74, 6) is 0.664. The lowest BCUT2D eigenvalue weighted by Gasteiger charge is -2.13. The molecule has 2 aromatic heterocycles.